The summed E-state index contributed by atoms with van der Waals surface area (Å²) in [7, 11) is 1.64. The van der Waals surface area contributed by atoms with E-state index < -0.39 is 5.91 Å². The number of rotatable bonds is 6. The van der Waals surface area contributed by atoms with Gasteiger partial charge in [0.25, 0.3) is 0 Å². The molecule has 2 N–H and O–H groups in total. The highest BCUT2D eigenvalue weighted by Crippen LogP contribution is 2.29. The first-order valence-corrected chi connectivity index (χ1v) is 7.59. The fraction of sp³-hybridized carbons (Fsp3) is 0.158. The maximum absolute atomic E-state index is 11.4. The van der Waals surface area contributed by atoms with Gasteiger partial charge in [0.15, 0.2) is 0 Å². The Labute approximate surface area is 140 Å². The van der Waals surface area contributed by atoms with E-state index in [1.165, 1.54) is 0 Å². The number of aromatic nitrogens is 1. The van der Waals surface area contributed by atoms with Crippen LogP contribution in [0.1, 0.15) is 10.4 Å². The number of primary amides is 1. The van der Waals surface area contributed by atoms with Crippen LogP contribution in [-0.2, 0) is 4.74 Å². The average molecular weight is 322 g/mol. The zero-order chi connectivity index (χ0) is 16.9. The molecule has 1 aromatic heterocycles. The standard InChI is InChI=1S/C19H18N2O3/c1-23-8-9-24-16-6-4-13(5-7-16)18-12-21-11-15-3-2-14(19(20)22)10-17(15)18/h2-7,10-12H,8-9H2,1H3,(H2,20,22). The van der Waals surface area contributed by atoms with Crippen LogP contribution in [0.25, 0.3) is 21.9 Å². The molecule has 0 atom stereocenters. The van der Waals surface area contributed by atoms with Crippen LogP contribution in [0.2, 0.25) is 0 Å². The van der Waals surface area contributed by atoms with E-state index in [0.29, 0.717) is 18.8 Å². The second-order valence-electron chi connectivity index (χ2n) is 5.35. The smallest absolute Gasteiger partial charge is 0.248 e. The predicted molar refractivity (Wildman–Crippen MR) is 93.1 cm³/mol. The Balaban J connectivity index is 1.96. The quantitative estimate of drug-likeness (QED) is 0.708. The van der Waals surface area contributed by atoms with Gasteiger partial charge in [-0.15, -0.1) is 0 Å². The van der Waals surface area contributed by atoms with Gasteiger partial charge in [-0.2, -0.15) is 0 Å². The molecule has 24 heavy (non-hydrogen) atoms. The molecule has 0 unspecified atom stereocenters. The molecule has 0 aliphatic rings. The molecule has 0 bridgehead atoms. The molecule has 3 rings (SSSR count). The summed E-state index contributed by atoms with van der Waals surface area (Å²) in [6, 6.07) is 13.1. The Kier molecular flexibility index (Phi) is 4.72. The van der Waals surface area contributed by atoms with Crippen LogP contribution in [0.5, 0.6) is 5.75 Å². The van der Waals surface area contributed by atoms with Gasteiger partial charge in [0.05, 0.1) is 6.61 Å². The van der Waals surface area contributed by atoms with Crippen LogP contribution in [0, 0.1) is 0 Å². The summed E-state index contributed by atoms with van der Waals surface area (Å²) in [6.07, 6.45) is 3.56. The zero-order valence-electron chi connectivity index (χ0n) is 13.4. The van der Waals surface area contributed by atoms with E-state index in [-0.39, 0.29) is 0 Å². The lowest BCUT2D eigenvalue weighted by Gasteiger charge is -2.09. The van der Waals surface area contributed by atoms with E-state index in [4.69, 9.17) is 15.2 Å². The molecular formula is C19H18N2O3. The monoisotopic (exact) mass is 322 g/mol. The molecule has 0 spiro atoms. The van der Waals surface area contributed by atoms with E-state index in [1.807, 2.05) is 30.3 Å². The first-order valence-electron chi connectivity index (χ1n) is 7.59. The maximum Gasteiger partial charge on any atom is 0.248 e. The van der Waals surface area contributed by atoms with Crippen molar-refractivity contribution in [1.29, 1.82) is 0 Å². The normalized spacial score (nSPS) is 10.7. The molecule has 1 amide bonds. The lowest BCUT2D eigenvalue weighted by atomic mass is 9.99. The maximum atomic E-state index is 11.4. The highest BCUT2D eigenvalue weighted by atomic mass is 16.5. The minimum absolute atomic E-state index is 0.443. The Morgan fingerprint density at radius 2 is 1.88 bits per heavy atom. The third kappa shape index (κ3) is 3.36. The number of hydrogen-bond donors (Lipinski definition) is 1. The minimum Gasteiger partial charge on any atom is -0.491 e. The van der Waals surface area contributed by atoms with Gasteiger partial charge in [-0.1, -0.05) is 18.2 Å². The molecule has 5 heteroatoms. The summed E-state index contributed by atoms with van der Waals surface area (Å²) in [4.78, 5) is 15.7. The van der Waals surface area contributed by atoms with Crippen molar-refractivity contribution >= 4 is 16.7 Å². The Bertz CT molecular complexity index is 860. The van der Waals surface area contributed by atoms with Crippen LogP contribution in [0.15, 0.2) is 54.9 Å². The van der Waals surface area contributed by atoms with Crippen molar-refractivity contribution in [2.75, 3.05) is 20.3 Å². The van der Waals surface area contributed by atoms with Gasteiger partial charge >= 0.3 is 0 Å². The molecule has 3 aromatic rings. The Morgan fingerprint density at radius 3 is 2.58 bits per heavy atom. The lowest BCUT2D eigenvalue weighted by molar-refractivity contribution is 0.100. The average Bonchev–Trinajstić information content (AvgIpc) is 2.61. The molecule has 0 radical (unpaired) electrons. The molecule has 122 valence electrons. The van der Waals surface area contributed by atoms with Gasteiger partial charge in [0, 0.05) is 36.0 Å². The summed E-state index contributed by atoms with van der Waals surface area (Å²) in [5, 5.41) is 1.90. The SMILES string of the molecule is COCCOc1ccc(-c2cncc3ccc(C(N)=O)cc23)cc1. The summed E-state index contributed by atoms with van der Waals surface area (Å²) in [5.41, 5.74) is 7.81. The number of ether oxygens (including phenoxy) is 2. The molecular weight excluding hydrogens is 304 g/mol. The van der Waals surface area contributed by atoms with Crippen LogP contribution in [0.3, 0.4) is 0 Å². The largest absolute Gasteiger partial charge is 0.491 e. The zero-order valence-corrected chi connectivity index (χ0v) is 13.4. The molecule has 0 saturated heterocycles. The fourth-order valence-electron chi connectivity index (χ4n) is 2.52. The number of nitrogens with two attached hydrogens (primary N) is 1. The number of carbonyl (C=O) groups excluding carboxylic acids is 1. The second kappa shape index (κ2) is 7.10. The first-order chi connectivity index (χ1) is 11.7. The molecule has 0 saturated carbocycles. The summed E-state index contributed by atoms with van der Waals surface area (Å²) in [6.45, 7) is 1.05. The van der Waals surface area contributed by atoms with Crippen LogP contribution in [-0.4, -0.2) is 31.2 Å². The van der Waals surface area contributed by atoms with Gasteiger partial charge in [0.2, 0.25) is 5.91 Å². The summed E-state index contributed by atoms with van der Waals surface area (Å²) in [5.74, 6) is 0.336. The molecule has 0 aliphatic carbocycles. The highest BCUT2D eigenvalue weighted by Gasteiger charge is 2.08. The van der Waals surface area contributed by atoms with Crippen molar-refractivity contribution in [3.63, 3.8) is 0 Å². The van der Waals surface area contributed by atoms with Gasteiger partial charge < -0.3 is 15.2 Å². The number of hydrogen-bond acceptors (Lipinski definition) is 4. The number of fused-ring (bicyclic) bond motifs is 1. The number of benzene rings is 2. The lowest BCUT2D eigenvalue weighted by Crippen LogP contribution is -2.10. The van der Waals surface area contributed by atoms with E-state index in [2.05, 4.69) is 4.98 Å². The van der Waals surface area contributed by atoms with Gasteiger partial charge in [-0.25, -0.2) is 0 Å². The molecule has 1 heterocycles. The topological polar surface area (TPSA) is 74.4 Å². The molecule has 2 aromatic carbocycles. The molecule has 0 aliphatic heterocycles. The predicted octanol–water partition coefficient (Wildman–Crippen LogP) is 3.03. The van der Waals surface area contributed by atoms with E-state index in [9.17, 15) is 4.79 Å². The van der Waals surface area contributed by atoms with Crippen molar-refractivity contribution in [3.8, 4) is 16.9 Å². The number of methoxy groups -OCH3 is 1. The van der Waals surface area contributed by atoms with Crippen molar-refractivity contribution in [2.45, 2.75) is 0 Å². The minimum atomic E-state index is -0.443. The summed E-state index contributed by atoms with van der Waals surface area (Å²) < 4.78 is 10.5. The van der Waals surface area contributed by atoms with Crippen molar-refractivity contribution in [1.82, 2.24) is 4.98 Å². The van der Waals surface area contributed by atoms with E-state index in [1.54, 1.807) is 31.6 Å². The molecule has 0 fully saturated rings. The van der Waals surface area contributed by atoms with Crippen molar-refractivity contribution < 1.29 is 14.3 Å². The van der Waals surface area contributed by atoms with Crippen molar-refractivity contribution in [2.24, 2.45) is 5.73 Å². The third-order valence-electron chi connectivity index (χ3n) is 3.77. The van der Waals surface area contributed by atoms with E-state index >= 15 is 0 Å². The highest BCUT2D eigenvalue weighted by molar-refractivity contribution is 6.02. The number of nitrogens with zero attached hydrogens (tertiary/aromatic N) is 1. The first kappa shape index (κ1) is 16.0. The number of pyridine rings is 1. The van der Waals surface area contributed by atoms with Gasteiger partial charge in [-0.05, 0) is 35.2 Å². The summed E-state index contributed by atoms with van der Waals surface area (Å²) >= 11 is 0. The van der Waals surface area contributed by atoms with E-state index in [0.717, 1.165) is 27.6 Å². The van der Waals surface area contributed by atoms with Crippen molar-refractivity contribution in [3.05, 3.63) is 60.4 Å². The van der Waals surface area contributed by atoms with Gasteiger partial charge in [-0.3, -0.25) is 9.78 Å². The van der Waals surface area contributed by atoms with Crippen LogP contribution >= 0.6 is 0 Å². The Morgan fingerprint density at radius 1 is 1.08 bits per heavy atom. The van der Waals surface area contributed by atoms with Crippen LogP contribution in [0.4, 0.5) is 0 Å². The molecule has 5 nitrogen and oxygen atoms in total. The number of amides is 1. The van der Waals surface area contributed by atoms with Crippen LogP contribution < -0.4 is 10.5 Å². The third-order valence-corrected chi connectivity index (χ3v) is 3.77. The Hall–Kier alpha value is -2.92. The van der Waals surface area contributed by atoms with Gasteiger partial charge in [0.1, 0.15) is 12.4 Å². The second-order valence-corrected chi connectivity index (χ2v) is 5.35. The fourth-order valence-corrected chi connectivity index (χ4v) is 2.52. The number of carbonyl (C=O) groups is 1.